The van der Waals surface area contributed by atoms with E-state index in [2.05, 4.69) is 4.74 Å². The summed E-state index contributed by atoms with van der Waals surface area (Å²) in [5, 5.41) is 0. The van der Waals surface area contributed by atoms with Gasteiger partial charge in [-0.05, 0) is 0 Å². The summed E-state index contributed by atoms with van der Waals surface area (Å²) < 4.78 is 58.2. The quantitative estimate of drug-likeness (QED) is 0.125. The first-order chi connectivity index (χ1) is 15.3. The number of esters is 1. The number of rotatable bonds is 12. The van der Waals surface area contributed by atoms with Crippen molar-refractivity contribution in [1.29, 1.82) is 0 Å². The van der Waals surface area contributed by atoms with E-state index >= 15 is 0 Å². The van der Waals surface area contributed by atoms with Crippen molar-refractivity contribution in [2.75, 3.05) is 45.2 Å². The van der Waals surface area contributed by atoms with E-state index in [0.717, 1.165) is 0 Å². The molecule has 0 radical (unpaired) electrons. The minimum Gasteiger partial charge on any atom is -0.463 e. The molecule has 0 aromatic rings. The number of nitrogens with zero attached hydrogens (tertiary/aromatic N) is 3. The highest BCUT2D eigenvalue weighted by Crippen LogP contribution is 2.56. The van der Waals surface area contributed by atoms with Gasteiger partial charge >= 0.3 is 25.6 Å². The molecule has 180 valence electrons. The molecule has 33 heavy (non-hydrogen) atoms. The third-order valence-electron chi connectivity index (χ3n) is 3.85. The average molecular weight is 510 g/mol. The molecule has 0 unspecified atom stereocenters. The fraction of sp³-hybridized carbons (Fsp3) is 0.474. The van der Waals surface area contributed by atoms with Crippen LogP contribution in [0.3, 0.4) is 0 Å². The van der Waals surface area contributed by atoms with Gasteiger partial charge in [0.2, 0.25) is 0 Å². The summed E-state index contributed by atoms with van der Waals surface area (Å²) in [5.74, 6) is 3.45. The molecule has 0 aromatic carbocycles. The van der Waals surface area contributed by atoms with Gasteiger partial charge in [0, 0.05) is 0 Å². The van der Waals surface area contributed by atoms with Crippen LogP contribution in [0.15, 0.2) is 0 Å². The average Bonchev–Trinajstić information content (AvgIpc) is 2.70. The number of halogens is 4. The maximum Gasteiger partial charge on any atom is 0.471 e. The Morgan fingerprint density at radius 3 is 1.61 bits per heavy atom. The summed E-state index contributed by atoms with van der Waals surface area (Å²) in [6.45, 7) is -5.16. The number of hydrogen-bond donors (Lipinski definition) is 2. The van der Waals surface area contributed by atoms with Crippen LogP contribution >= 0.6 is 19.2 Å². The summed E-state index contributed by atoms with van der Waals surface area (Å²) in [6.07, 6.45) is 15.2. The van der Waals surface area contributed by atoms with Crippen LogP contribution < -0.4 is 0 Å². The van der Waals surface area contributed by atoms with Crippen LogP contribution in [0.25, 0.3) is 0 Å². The highest BCUT2D eigenvalue weighted by atomic mass is 35.5. The van der Waals surface area contributed by atoms with E-state index in [4.69, 9.17) is 37.3 Å². The van der Waals surface area contributed by atoms with Gasteiger partial charge in [-0.1, -0.05) is 23.7 Å². The zero-order valence-electron chi connectivity index (χ0n) is 17.1. The van der Waals surface area contributed by atoms with Crippen molar-refractivity contribution in [3.05, 3.63) is 0 Å². The van der Waals surface area contributed by atoms with Gasteiger partial charge in [0.25, 0.3) is 5.53 Å². The van der Waals surface area contributed by atoms with Crippen LogP contribution in [0.2, 0.25) is 0 Å². The first-order valence-electron chi connectivity index (χ1n) is 8.69. The van der Waals surface area contributed by atoms with Crippen molar-refractivity contribution in [1.82, 2.24) is 14.7 Å². The Kier molecular flexibility index (Phi) is 12.1. The van der Waals surface area contributed by atoms with Crippen LogP contribution in [-0.4, -0.2) is 93.3 Å². The van der Waals surface area contributed by atoms with E-state index in [9.17, 15) is 37.1 Å². The molecule has 0 aliphatic carbocycles. The number of alkyl halides is 4. The maximum absolute atomic E-state index is 13.6. The van der Waals surface area contributed by atoms with Crippen LogP contribution in [0.5, 0.6) is 0 Å². The predicted octanol–water partition coefficient (Wildman–Crippen LogP) is 0.0851. The van der Waals surface area contributed by atoms with Crippen LogP contribution in [-0.2, 0) is 18.9 Å². The summed E-state index contributed by atoms with van der Waals surface area (Å²) in [6, 6.07) is 0. The van der Waals surface area contributed by atoms with E-state index < -0.39 is 75.4 Å². The third kappa shape index (κ3) is 7.42. The highest BCUT2D eigenvalue weighted by Gasteiger charge is 2.65. The smallest absolute Gasteiger partial charge is 0.463 e. The topological polar surface area (TPSA) is 111 Å². The lowest BCUT2D eigenvalue weighted by atomic mass is 10.3. The molecule has 0 spiro atoms. The second-order valence-corrected chi connectivity index (χ2v) is 8.04. The zero-order valence-corrected chi connectivity index (χ0v) is 18.7. The number of ether oxygens (including phenoxy) is 1. The van der Waals surface area contributed by atoms with Gasteiger partial charge in [-0.15, -0.1) is 37.3 Å². The summed E-state index contributed by atoms with van der Waals surface area (Å²) >= 11 is 5.38. The first-order valence-corrected chi connectivity index (χ1v) is 10.8. The fourth-order valence-corrected chi connectivity index (χ4v) is 4.41. The SMILES string of the molecule is C#CCN(CC#C)C(N(CC#C)CC#C)(N(CC(=O)OCCCl)C(=O)C(F)(F)F)P(=O)(O)O. The van der Waals surface area contributed by atoms with Gasteiger partial charge in [-0.25, -0.2) is 9.80 Å². The molecule has 1 amide bonds. The van der Waals surface area contributed by atoms with Gasteiger partial charge in [-0.2, -0.15) is 13.2 Å². The molecule has 9 nitrogen and oxygen atoms in total. The Hall–Kier alpha value is -2.67. The molecule has 14 heteroatoms. The fourth-order valence-electron chi connectivity index (χ4n) is 2.84. The van der Waals surface area contributed by atoms with E-state index in [0.29, 0.717) is 9.80 Å². The van der Waals surface area contributed by atoms with Crippen LogP contribution in [0.4, 0.5) is 13.2 Å². The Labute approximate surface area is 194 Å². The van der Waals surface area contributed by atoms with Crippen LogP contribution in [0, 0.1) is 49.4 Å². The zero-order chi connectivity index (χ0) is 25.9. The standard InChI is InChI=1S/C19H20ClF3N3O6P/c1-5-10-24(11-6-2)19(33(29,30)31,25(12-7-3)13-8-4)26(17(28)18(21,22)23)15-16(27)32-14-9-20/h1-4H,9-15H2,(H2,29,30,31). The Morgan fingerprint density at radius 1 is 0.939 bits per heavy atom. The van der Waals surface area contributed by atoms with Gasteiger partial charge < -0.3 is 14.5 Å². The van der Waals surface area contributed by atoms with Crippen LogP contribution in [0.1, 0.15) is 0 Å². The van der Waals surface area contributed by atoms with Crippen molar-refractivity contribution in [2.45, 2.75) is 11.7 Å². The molecule has 0 saturated carbocycles. The molecule has 2 N–H and O–H groups in total. The minimum absolute atomic E-state index is 0.247. The molecule has 0 heterocycles. The van der Waals surface area contributed by atoms with Crippen molar-refractivity contribution in [3.63, 3.8) is 0 Å². The number of carbonyl (C=O) groups excluding carboxylic acids is 2. The van der Waals surface area contributed by atoms with Crippen molar-refractivity contribution in [2.24, 2.45) is 0 Å². The second-order valence-electron chi connectivity index (χ2n) is 5.97. The largest absolute Gasteiger partial charge is 0.471 e. The minimum atomic E-state index is -5.96. The number of carbonyl (C=O) groups is 2. The number of hydrogen-bond acceptors (Lipinski definition) is 6. The van der Waals surface area contributed by atoms with Gasteiger partial charge in [-0.3, -0.25) is 19.1 Å². The molecule has 0 saturated heterocycles. The summed E-state index contributed by atoms with van der Waals surface area (Å²) in [4.78, 5) is 46.0. The van der Waals surface area contributed by atoms with E-state index in [1.165, 1.54) is 0 Å². The molecule has 0 atom stereocenters. The molecule has 0 fully saturated rings. The number of amides is 1. The highest BCUT2D eigenvalue weighted by molar-refractivity contribution is 7.53. The van der Waals surface area contributed by atoms with Gasteiger partial charge in [0.1, 0.15) is 13.2 Å². The van der Waals surface area contributed by atoms with E-state index in [1.807, 2.05) is 23.7 Å². The Balaban J connectivity index is 7.48. The molecule has 0 aliphatic heterocycles. The van der Waals surface area contributed by atoms with Crippen molar-refractivity contribution >= 4 is 31.1 Å². The molecule has 0 rings (SSSR count). The molecule has 0 aromatic heterocycles. The summed E-state index contributed by atoms with van der Waals surface area (Å²) in [5.41, 5.74) is -3.41. The lowest BCUT2D eigenvalue weighted by Gasteiger charge is -2.53. The van der Waals surface area contributed by atoms with E-state index in [1.54, 1.807) is 0 Å². The van der Waals surface area contributed by atoms with E-state index in [-0.39, 0.29) is 5.88 Å². The Morgan fingerprint density at radius 2 is 1.33 bits per heavy atom. The molecule has 0 aliphatic rings. The normalized spacial score (nSPS) is 11.8. The second kappa shape index (κ2) is 13.1. The lowest BCUT2D eigenvalue weighted by molar-refractivity contribution is -0.206. The van der Waals surface area contributed by atoms with Gasteiger partial charge in [0.05, 0.1) is 32.1 Å². The molecular formula is C19H20ClF3N3O6P. The molecular weight excluding hydrogens is 490 g/mol. The molecule has 0 bridgehead atoms. The Bertz CT molecular complexity index is 858. The third-order valence-corrected chi connectivity index (χ3v) is 5.59. The summed E-state index contributed by atoms with van der Waals surface area (Å²) in [7, 11) is -5.96. The monoisotopic (exact) mass is 509 g/mol. The predicted molar refractivity (Wildman–Crippen MR) is 113 cm³/mol. The lowest BCUT2D eigenvalue weighted by Crippen LogP contribution is -2.73. The van der Waals surface area contributed by atoms with Gasteiger partial charge in [0.15, 0.2) is 0 Å². The number of terminal acetylenes is 4. The van der Waals surface area contributed by atoms with Crippen molar-refractivity contribution < 1.29 is 41.8 Å². The van der Waals surface area contributed by atoms with Crippen molar-refractivity contribution in [3.8, 4) is 49.4 Å². The maximum atomic E-state index is 13.6. The first kappa shape index (κ1) is 30.3.